The van der Waals surface area contributed by atoms with Crippen molar-refractivity contribution < 1.29 is 13.2 Å². The third-order valence-corrected chi connectivity index (χ3v) is 5.59. The molecule has 0 saturated carbocycles. The molecule has 2 heterocycles. The second kappa shape index (κ2) is 6.55. The van der Waals surface area contributed by atoms with Gasteiger partial charge < -0.3 is 11.1 Å². The number of nitrogens with two attached hydrogens (primary N) is 2. The van der Waals surface area contributed by atoms with Crippen molar-refractivity contribution >= 4 is 60.8 Å². The van der Waals surface area contributed by atoms with Crippen molar-refractivity contribution in [1.29, 1.82) is 0 Å². The van der Waals surface area contributed by atoms with E-state index in [-0.39, 0.29) is 16.8 Å². The highest BCUT2D eigenvalue weighted by Gasteiger charge is 2.18. The van der Waals surface area contributed by atoms with Gasteiger partial charge in [-0.2, -0.15) is 9.67 Å². The summed E-state index contributed by atoms with van der Waals surface area (Å²) in [4.78, 5) is 16.8. The summed E-state index contributed by atoms with van der Waals surface area (Å²) in [5.74, 6) is -0.374. The number of aromatic nitrogens is 3. The van der Waals surface area contributed by atoms with Crippen molar-refractivity contribution in [3.63, 3.8) is 0 Å². The molecule has 0 radical (unpaired) electrons. The van der Waals surface area contributed by atoms with Crippen molar-refractivity contribution in [2.75, 3.05) is 11.1 Å². The topological polar surface area (TPSA) is 146 Å². The van der Waals surface area contributed by atoms with Gasteiger partial charge >= 0.3 is 0 Å². The number of nitrogen functional groups attached to an aromatic ring is 1. The third-order valence-electron chi connectivity index (χ3n) is 3.05. The molecule has 0 saturated heterocycles. The molecule has 130 valence electrons. The zero-order valence-electron chi connectivity index (χ0n) is 12.4. The van der Waals surface area contributed by atoms with Crippen LogP contribution in [0.25, 0.3) is 0 Å². The zero-order valence-corrected chi connectivity index (χ0v) is 15.6. The van der Waals surface area contributed by atoms with Crippen molar-refractivity contribution in [2.45, 2.75) is 4.90 Å². The van der Waals surface area contributed by atoms with Gasteiger partial charge in [0.1, 0.15) is 0 Å². The normalized spacial score (nSPS) is 11.4. The predicted octanol–water partition coefficient (Wildman–Crippen LogP) is 1.76. The first-order valence-electron chi connectivity index (χ1n) is 6.66. The number of carbonyl (C=O) groups is 1. The van der Waals surface area contributed by atoms with Gasteiger partial charge in [-0.15, -0.1) is 16.4 Å². The molecule has 1 aromatic carbocycles. The molecule has 0 atom stereocenters. The summed E-state index contributed by atoms with van der Waals surface area (Å²) in [7, 11) is -3.77. The number of benzene rings is 1. The Hall–Kier alpha value is -2.28. The lowest BCUT2D eigenvalue weighted by Crippen LogP contribution is -2.15. The highest BCUT2D eigenvalue weighted by Crippen LogP contribution is 2.24. The first-order chi connectivity index (χ1) is 11.7. The largest absolute Gasteiger partial charge is 0.368 e. The first kappa shape index (κ1) is 17.5. The summed E-state index contributed by atoms with van der Waals surface area (Å²) in [6.07, 6.45) is 0. The third kappa shape index (κ3) is 3.87. The fourth-order valence-electron chi connectivity index (χ4n) is 1.92. The number of nitrogens with one attached hydrogen (secondary N) is 1. The molecule has 0 amide bonds. The van der Waals surface area contributed by atoms with E-state index in [0.29, 0.717) is 10.6 Å². The van der Waals surface area contributed by atoms with E-state index in [2.05, 4.69) is 31.3 Å². The number of halogens is 1. The number of rotatable bonds is 4. The highest BCUT2D eigenvalue weighted by atomic mass is 79.9. The van der Waals surface area contributed by atoms with E-state index in [4.69, 9.17) is 10.9 Å². The van der Waals surface area contributed by atoms with E-state index in [1.54, 1.807) is 12.1 Å². The Kier molecular flexibility index (Phi) is 4.60. The van der Waals surface area contributed by atoms with Gasteiger partial charge in [0.05, 0.1) is 13.6 Å². The Morgan fingerprint density at radius 1 is 1.20 bits per heavy atom. The molecule has 0 unspecified atom stereocenters. The number of primary sulfonamides is 1. The first-order valence-corrected chi connectivity index (χ1v) is 9.82. The van der Waals surface area contributed by atoms with Gasteiger partial charge in [-0.3, -0.25) is 4.79 Å². The Bertz CT molecular complexity index is 1040. The molecule has 9 nitrogen and oxygen atoms in total. The van der Waals surface area contributed by atoms with Gasteiger partial charge in [0.25, 0.3) is 5.91 Å². The summed E-state index contributed by atoms with van der Waals surface area (Å²) in [5.41, 5.74) is 6.26. The van der Waals surface area contributed by atoms with Crippen LogP contribution in [0.4, 0.5) is 17.6 Å². The van der Waals surface area contributed by atoms with E-state index in [1.807, 2.05) is 0 Å². The van der Waals surface area contributed by atoms with E-state index in [1.165, 1.54) is 35.6 Å². The molecule has 25 heavy (non-hydrogen) atoms. The molecule has 2 aromatic heterocycles. The van der Waals surface area contributed by atoms with Crippen LogP contribution in [0.2, 0.25) is 0 Å². The van der Waals surface area contributed by atoms with E-state index in [0.717, 1.165) is 8.47 Å². The Morgan fingerprint density at radius 2 is 1.88 bits per heavy atom. The molecule has 0 aliphatic carbocycles. The molecule has 0 aliphatic rings. The van der Waals surface area contributed by atoms with Crippen LogP contribution in [0.15, 0.2) is 45.1 Å². The molecule has 0 aliphatic heterocycles. The molecule has 12 heteroatoms. The number of carbonyl (C=O) groups excluding carboxylic acids is 1. The van der Waals surface area contributed by atoms with Crippen LogP contribution in [0.5, 0.6) is 0 Å². The highest BCUT2D eigenvalue weighted by molar-refractivity contribution is 9.11. The van der Waals surface area contributed by atoms with Crippen LogP contribution in [0.3, 0.4) is 0 Å². The summed E-state index contributed by atoms with van der Waals surface area (Å²) >= 11 is 4.54. The number of hydrogen-bond acceptors (Lipinski definition) is 8. The fourth-order valence-corrected chi connectivity index (χ4v) is 3.74. The minimum Gasteiger partial charge on any atom is -0.368 e. The average Bonchev–Trinajstić information content (AvgIpc) is 3.12. The Morgan fingerprint density at radius 3 is 2.44 bits per heavy atom. The summed E-state index contributed by atoms with van der Waals surface area (Å²) in [6, 6.07) is 9.07. The van der Waals surface area contributed by atoms with Crippen LogP contribution >= 0.6 is 27.3 Å². The Balaban J connectivity index is 1.82. The van der Waals surface area contributed by atoms with Gasteiger partial charge in [0.2, 0.25) is 21.9 Å². The lowest BCUT2D eigenvalue weighted by Gasteiger charge is -2.03. The monoisotopic (exact) mass is 442 g/mol. The number of anilines is 3. The van der Waals surface area contributed by atoms with Crippen LogP contribution in [-0.2, 0) is 10.0 Å². The number of thiophene rings is 1. The molecule has 0 bridgehead atoms. The standard InChI is InChI=1S/C13H11BrN6O3S2/c14-10-6-5-9(24-10)11(21)20-12(15)18-13(19-20)17-7-1-3-8(4-2-7)25(16,22)23/h1-6H,(H2,16,22,23)(H3,15,17,18,19). The van der Waals surface area contributed by atoms with E-state index in [9.17, 15) is 13.2 Å². The molecule has 3 rings (SSSR count). The van der Waals surface area contributed by atoms with Crippen LogP contribution < -0.4 is 16.2 Å². The fraction of sp³-hybridized carbons (Fsp3) is 0. The van der Waals surface area contributed by atoms with Crippen molar-refractivity contribution in [1.82, 2.24) is 14.8 Å². The van der Waals surface area contributed by atoms with Crippen LogP contribution in [0, 0.1) is 0 Å². The summed E-state index contributed by atoms with van der Waals surface area (Å²) in [6.45, 7) is 0. The maximum atomic E-state index is 12.4. The number of sulfonamides is 1. The van der Waals surface area contributed by atoms with Gasteiger partial charge in [-0.25, -0.2) is 13.6 Å². The quantitative estimate of drug-likeness (QED) is 0.557. The van der Waals surface area contributed by atoms with Crippen LogP contribution in [0.1, 0.15) is 9.67 Å². The molecular weight excluding hydrogens is 432 g/mol. The summed E-state index contributed by atoms with van der Waals surface area (Å²) < 4.78 is 24.3. The number of nitrogens with zero attached hydrogens (tertiary/aromatic N) is 3. The SMILES string of the molecule is Nc1nc(Nc2ccc(S(N)(=O)=O)cc2)nn1C(=O)c1ccc(Br)s1. The predicted molar refractivity (Wildman–Crippen MR) is 97.3 cm³/mol. The molecule has 0 spiro atoms. The van der Waals surface area contributed by atoms with E-state index >= 15 is 0 Å². The molecule has 0 fully saturated rings. The minimum atomic E-state index is -3.77. The lowest BCUT2D eigenvalue weighted by atomic mass is 10.3. The van der Waals surface area contributed by atoms with Gasteiger partial charge in [-0.1, -0.05) is 0 Å². The minimum absolute atomic E-state index is 0.0190. The Labute approximate surface area is 154 Å². The van der Waals surface area contributed by atoms with Crippen LogP contribution in [-0.4, -0.2) is 29.1 Å². The average molecular weight is 443 g/mol. The van der Waals surface area contributed by atoms with Gasteiger partial charge in [0.15, 0.2) is 0 Å². The molecule has 3 aromatic rings. The summed E-state index contributed by atoms with van der Waals surface area (Å²) in [5, 5.41) is 11.9. The maximum absolute atomic E-state index is 12.4. The maximum Gasteiger partial charge on any atom is 0.291 e. The second-order valence-electron chi connectivity index (χ2n) is 4.81. The van der Waals surface area contributed by atoms with Gasteiger partial charge in [-0.05, 0) is 52.3 Å². The number of hydrogen-bond donors (Lipinski definition) is 3. The lowest BCUT2D eigenvalue weighted by molar-refractivity contribution is 0.0952. The second-order valence-corrected chi connectivity index (χ2v) is 8.83. The zero-order chi connectivity index (χ0) is 18.2. The smallest absolute Gasteiger partial charge is 0.291 e. The van der Waals surface area contributed by atoms with Gasteiger partial charge in [0, 0.05) is 5.69 Å². The van der Waals surface area contributed by atoms with E-state index < -0.39 is 15.9 Å². The van der Waals surface area contributed by atoms with Crippen molar-refractivity contribution in [3.8, 4) is 0 Å². The van der Waals surface area contributed by atoms with Crippen molar-refractivity contribution in [2.24, 2.45) is 5.14 Å². The molecule has 5 N–H and O–H groups in total. The van der Waals surface area contributed by atoms with Crippen molar-refractivity contribution in [3.05, 3.63) is 45.1 Å². The molecular formula is C13H11BrN6O3S2.